The SMILES string of the molecule is COc1ccc(Cl)cc1NCCC(=O)N1CCN(C(=O)c2ccc(C(F)(F)F)cc2)CC1. The first kappa shape index (κ1) is 23.7. The Morgan fingerprint density at radius 3 is 2.25 bits per heavy atom. The molecule has 1 aliphatic heterocycles. The number of alkyl halides is 3. The molecule has 1 heterocycles. The van der Waals surface area contributed by atoms with E-state index in [9.17, 15) is 22.8 Å². The molecule has 1 saturated heterocycles. The van der Waals surface area contributed by atoms with E-state index in [2.05, 4.69) is 5.32 Å². The number of nitrogens with zero attached hydrogens (tertiary/aromatic N) is 2. The molecular formula is C22H23ClF3N3O3. The van der Waals surface area contributed by atoms with Gasteiger partial charge in [0.1, 0.15) is 5.75 Å². The molecule has 0 unspecified atom stereocenters. The third-order valence-corrected chi connectivity index (χ3v) is 5.43. The van der Waals surface area contributed by atoms with Gasteiger partial charge in [-0.1, -0.05) is 11.6 Å². The van der Waals surface area contributed by atoms with Crippen molar-refractivity contribution in [1.82, 2.24) is 9.80 Å². The van der Waals surface area contributed by atoms with Crippen molar-refractivity contribution in [1.29, 1.82) is 0 Å². The molecular weight excluding hydrogens is 447 g/mol. The maximum absolute atomic E-state index is 12.7. The van der Waals surface area contributed by atoms with Gasteiger partial charge in [-0.05, 0) is 42.5 Å². The molecule has 1 aliphatic rings. The van der Waals surface area contributed by atoms with Crippen molar-refractivity contribution in [2.45, 2.75) is 12.6 Å². The molecule has 0 aromatic heterocycles. The van der Waals surface area contributed by atoms with Crippen LogP contribution in [-0.4, -0.2) is 61.4 Å². The number of benzene rings is 2. The van der Waals surface area contributed by atoms with Crippen LogP contribution in [0.15, 0.2) is 42.5 Å². The second-order valence-corrected chi connectivity index (χ2v) is 7.71. The molecule has 2 aromatic carbocycles. The van der Waals surface area contributed by atoms with Gasteiger partial charge in [0.15, 0.2) is 0 Å². The number of anilines is 1. The van der Waals surface area contributed by atoms with Gasteiger partial charge < -0.3 is 19.9 Å². The number of rotatable bonds is 6. The molecule has 32 heavy (non-hydrogen) atoms. The topological polar surface area (TPSA) is 61.9 Å². The molecule has 1 N–H and O–H groups in total. The number of hydrogen-bond donors (Lipinski definition) is 1. The first-order valence-electron chi connectivity index (χ1n) is 10.0. The third-order valence-electron chi connectivity index (χ3n) is 5.19. The molecule has 0 radical (unpaired) electrons. The Hall–Kier alpha value is -2.94. The number of hydrogen-bond acceptors (Lipinski definition) is 4. The van der Waals surface area contributed by atoms with Crippen molar-refractivity contribution in [3.63, 3.8) is 0 Å². The predicted molar refractivity (Wildman–Crippen MR) is 115 cm³/mol. The first-order valence-corrected chi connectivity index (χ1v) is 10.4. The van der Waals surface area contributed by atoms with E-state index >= 15 is 0 Å². The largest absolute Gasteiger partial charge is 0.495 e. The predicted octanol–water partition coefficient (Wildman–Crippen LogP) is 4.15. The monoisotopic (exact) mass is 469 g/mol. The summed E-state index contributed by atoms with van der Waals surface area (Å²) >= 11 is 6.00. The van der Waals surface area contributed by atoms with Gasteiger partial charge in [-0.25, -0.2) is 0 Å². The summed E-state index contributed by atoms with van der Waals surface area (Å²) in [6.45, 7) is 1.76. The fourth-order valence-electron chi connectivity index (χ4n) is 3.42. The number of ether oxygens (including phenoxy) is 1. The highest BCUT2D eigenvalue weighted by Crippen LogP contribution is 2.29. The number of halogens is 4. The summed E-state index contributed by atoms with van der Waals surface area (Å²) < 4.78 is 43.3. The third kappa shape index (κ3) is 5.85. The Kier molecular flexibility index (Phi) is 7.50. The molecule has 6 nitrogen and oxygen atoms in total. The van der Waals surface area contributed by atoms with Crippen LogP contribution in [-0.2, 0) is 11.0 Å². The number of piperazine rings is 1. The summed E-state index contributed by atoms with van der Waals surface area (Å²) in [6.07, 6.45) is -4.19. The van der Waals surface area contributed by atoms with Gasteiger partial charge in [0.05, 0.1) is 18.4 Å². The van der Waals surface area contributed by atoms with Gasteiger partial charge in [-0.15, -0.1) is 0 Å². The highest BCUT2D eigenvalue weighted by Gasteiger charge is 2.31. The quantitative estimate of drug-likeness (QED) is 0.690. The van der Waals surface area contributed by atoms with Crippen molar-refractivity contribution in [3.8, 4) is 5.75 Å². The van der Waals surface area contributed by atoms with Crippen molar-refractivity contribution in [2.24, 2.45) is 0 Å². The highest BCUT2D eigenvalue weighted by atomic mass is 35.5. The summed E-state index contributed by atoms with van der Waals surface area (Å²) in [4.78, 5) is 28.3. The number of carbonyl (C=O) groups excluding carboxylic acids is 2. The second-order valence-electron chi connectivity index (χ2n) is 7.27. The van der Waals surface area contributed by atoms with Gasteiger partial charge in [-0.2, -0.15) is 13.2 Å². The molecule has 0 atom stereocenters. The van der Waals surface area contributed by atoms with E-state index in [0.29, 0.717) is 49.2 Å². The number of methoxy groups -OCH3 is 1. The Bertz CT molecular complexity index is 959. The van der Waals surface area contributed by atoms with Crippen LogP contribution in [0.25, 0.3) is 0 Å². The fraction of sp³-hybridized carbons (Fsp3) is 0.364. The van der Waals surface area contributed by atoms with Gasteiger partial charge >= 0.3 is 6.18 Å². The van der Waals surface area contributed by atoms with E-state index in [-0.39, 0.29) is 23.8 Å². The lowest BCUT2D eigenvalue weighted by atomic mass is 10.1. The van der Waals surface area contributed by atoms with Crippen LogP contribution >= 0.6 is 11.6 Å². The van der Waals surface area contributed by atoms with Crippen LogP contribution in [0.3, 0.4) is 0 Å². The summed E-state index contributed by atoms with van der Waals surface area (Å²) in [7, 11) is 1.55. The van der Waals surface area contributed by atoms with E-state index < -0.39 is 11.7 Å². The van der Waals surface area contributed by atoms with Crippen molar-refractivity contribution >= 4 is 29.1 Å². The molecule has 0 bridgehead atoms. The molecule has 172 valence electrons. The van der Waals surface area contributed by atoms with Gasteiger partial charge in [0.2, 0.25) is 5.91 Å². The minimum atomic E-state index is -4.44. The normalized spacial score (nSPS) is 14.3. The molecule has 0 saturated carbocycles. The summed E-state index contributed by atoms with van der Waals surface area (Å²) in [6, 6.07) is 9.32. The molecule has 10 heteroatoms. The summed E-state index contributed by atoms with van der Waals surface area (Å²) in [5.74, 6) is 0.220. The van der Waals surface area contributed by atoms with Crippen LogP contribution in [0, 0.1) is 0 Å². The average Bonchev–Trinajstić information content (AvgIpc) is 2.78. The van der Waals surface area contributed by atoms with Crippen LogP contribution in [0.4, 0.5) is 18.9 Å². The zero-order valence-electron chi connectivity index (χ0n) is 17.4. The molecule has 0 spiro atoms. The molecule has 3 rings (SSSR count). The van der Waals surface area contributed by atoms with E-state index in [0.717, 1.165) is 12.1 Å². The number of amides is 2. The Labute approximate surface area is 188 Å². The lowest BCUT2D eigenvalue weighted by molar-refractivity contribution is -0.137. The van der Waals surface area contributed by atoms with Crippen LogP contribution in [0.1, 0.15) is 22.3 Å². The minimum absolute atomic E-state index is 0.0554. The van der Waals surface area contributed by atoms with Gasteiger partial charge in [0, 0.05) is 49.7 Å². The van der Waals surface area contributed by atoms with E-state index in [1.54, 1.807) is 35.1 Å². The minimum Gasteiger partial charge on any atom is -0.495 e. The maximum Gasteiger partial charge on any atom is 0.416 e. The van der Waals surface area contributed by atoms with Gasteiger partial charge in [-0.3, -0.25) is 9.59 Å². The lowest BCUT2D eigenvalue weighted by Gasteiger charge is -2.35. The smallest absolute Gasteiger partial charge is 0.416 e. The van der Waals surface area contributed by atoms with E-state index in [1.165, 1.54) is 12.1 Å². The standard InChI is InChI=1S/C22H23ClF3N3O3/c1-32-19-7-6-17(23)14-18(19)27-9-8-20(30)28-10-12-29(13-11-28)21(31)15-2-4-16(5-3-15)22(24,25)26/h2-7,14,27H,8-13H2,1H3. The number of carbonyl (C=O) groups is 2. The number of nitrogens with one attached hydrogen (secondary N) is 1. The molecule has 1 fully saturated rings. The van der Waals surface area contributed by atoms with Crippen molar-refractivity contribution in [2.75, 3.05) is 45.2 Å². The van der Waals surface area contributed by atoms with Crippen LogP contribution in [0.2, 0.25) is 5.02 Å². The Balaban J connectivity index is 1.47. The average molecular weight is 470 g/mol. The summed E-state index contributed by atoms with van der Waals surface area (Å²) in [5.41, 5.74) is 0.0886. The first-order chi connectivity index (χ1) is 15.2. The lowest BCUT2D eigenvalue weighted by Crippen LogP contribution is -2.50. The molecule has 2 aromatic rings. The Morgan fingerprint density at radius 2 is 1.66 bits per heavy atom. The van der Waals surface area contributed by atoms with E-state index in [4.69, 9.17) is 16.3 Å². The van der Waals surface area contributed by atoms with Crippen molar-refractivity contribution < 1.29 is 27.5 Å². The molecule has 0 aliphatic carbocycles. The Morgan fingerprint density at radius 1 is 1.03 bits per heavy atom. The zero-order valence-corrected chi connectivity index (χ0v) is 18.2. The highest BCUT2D eigenvalue weighted by molar-refractivity contribution is 6.30. The van der Waals surface area contributed by atoms with Gasteiger partial charge in [0.25, 0.3) is 5.91 Å². The maximum atomic E-state index is 12.7. The summed E-state index contributed by atoms with van der Waals surface area (Å²) in [5, 5.41) is 3.69. The fourth-order valence-corrected chi connectivity index (χ4v) is 3.60. The van der Waals surface area contributed by atoms with Crippen LogP contribution < -0.4 is 10.1 Å². The van der Waals surface area contributed by atoms with Crippen molar-refractivity contribution in [3.05, 3.63) is 58.6 Å². The second kappa shape index (κ2) is 10.1. The van der Waals surface area contributed by atoms with E-state index in [1.807, 2.05) is 0 Å². The van der Waals surface area contributed by atoms with Crippen LogP contribution in [0.5, 0.6) is 5.75 Å². The zero-order chi connectivity index (χ0) is 23.3. The molecule has 2 amide bonds.